The fraction of sp³-hybridized carbons (Fsp3) is 0.278. The molecule has 5 heteroatoms. The summed E-state index contributed by atoms with van der Waals surface area (Å²) in [6.45, 7) is 3.59. The van der Waals surface area contributed by atoms with Gasteiger partial charge in [-0.3, -0.25) is 4.79 Å². The van der Waals surface area contributed by atoms with E-state index < -0.39 is 11.9 Å². The third-order valence-electron chi connectivity index (χ3n) is 3.23. The number of aliphatic hydroxyl groups is 1. The summed E-state index contributed by atoms with van der Waals surface area (Å²) in [6.07, 6.45) is 0.124. The van der Waals surface area contributed by atoms with Gasteiger partial charge in [-0.15, -0.1) is 0 Å². The van der Waals surface area contributed by atoms with Crippen LogP contribution >= 0.6 is 0 Å². The van der Waals surface area contributed by atoms with Crippen molar-refractivity contribution >= 4 is 11.6 Å². The molecule has 0 aliphatic carbocycles. The van der Waals surface area contributed by atoms with Gasteiger partial charge < -0.3 is 20.9 Å². The molecular formula is C18H22N2O3. The molecule has 0 saturated carbocycles. The molecule has 0 spiro atoms. The summed E-state index contributed by atoms with van der Waals surface area (Å²) in [7, 11) is 0. The summed E-state index contributed by atoms with van der Waals surface area (Å²) in [4.78, 5) is 11.6. The first-order valence-corrected chi connectivity index (χ1v) is 7.54. The van der Waals surface area contributed by atoms with Crippen molar-refractivity contribution in [2.24, 2.45) is 5.73 Å². The Kier molecular flexibility index (Phi) is 5.73. The Labute approximate surface area is 136 Å². The van der Waals surface area contributed by atoms with Crippen molar-refractivity contribution in [2.75, 3.05) is 11.9 Å². The van der Waals surface area contributed by atoms with E-state index in [4.69, 9.17) is 15.6 Å². The van der Waals surface area contributed by atoms with Crippen LogP contribution in [0, 0.1) is 0 Å². The van der Waals surface area contributed by atoms with E-state index in [2.05, 4.69) is 5.32 Å². The second-order valence-electron chi connectivity index (χ2n) is 5.55. The van der Waals surface area contributed by atoms with Gasteiger partial charge in [0.2, 0.25) is 5.91 Å². The lowest BCUT2D eigenvalue weighted by molar-refractivity contribution is -0.118. The van der Waals surface area contributed by atoms with Gasteiger partial charge in [0.25, 0.3) is 0 Å². The highest BCUT2D eigenvalue weighted by Gasteiger charge is 2.11. The number of hydrogen-bond donors (Lipinski definition) is 3. The summed E-state index contributed by atoms with van der Waals surface area (Å²) >= 11 is 0. The molecule has 0 heterocycles. The lowest BCUT2D eigenvalue weighted by Gasteiger charge is -2.12. The van der Waals surface area contributed by atoms with Gasteiger partial charge in [0, 0.05) is 5.69 Å². The maximum Gasteiger partial charge on any atom is 0.243 e. The molecule has 0 saturated heterocycles. The van der Waals surface area contributed by atoms with Crippen LogP contribution in [-0.4, -0.2) is 29.8 Å². The number of carbonyl (C=O) groups is 1. The Hall–Kier alpha value is -2.37. The van der Waals surface area contributed by atoms with E-state index in [-0.39, 0.29) is 12.7 Å². The van der Waals surface area contributed by atoms with Crippen LogP contribution in [-0.2, 0) is 4.79 Å². The normalized spacial score (nSPS) is 12.0. The zero-order chi connectivity index (χ0) is 16.8. The number of hydrogen-bond acceptors (Lipinski definition) is 4. The van der Waals surface area contributed by atoms with E-state index >= 15 is 0 Å². The van der Waals surface area contributed by atoms with Crippen LogP contribution < -0.4 is 15.8 Å². The van der Waals surface area contributed by atoms with Crippen molar-refractivity contribution in [1.29, 1.82) is 0 Å². The van der Waals surface area contributed by atoms with Crippen molar-refractivity contribution in [2.45, 2.75) is 26.0 Å². The first-order valence-electron chi connectivity index (χ1n) is 7.54. The predicted octanol–water partition coefficient (Wildman–Crippen LogP) is 2.40. The van der Waals surface area contributed by atoms with Crippen LogP contribution in [0.2, 0.25) is 0 Å². The van der Waals surface area contributed by atoms with Gasteiger partial charge in [0.15, 0.2) is 0 Å². The Morgan fingerprint density at radius 2 is 1.87 bits per heavy atom. The monoisotopic (exact) mass is 314 g/mol. The number of nitrogens with two attached hydrogens (primary N) is 1. The first kappa shape index (κ1) is 17.0. The molecule has 2 aromatic carbocycles. The number of anilines is 1. The van der Waals surface area contributed by atoms with E-state index in [1.165, 1.54) is 0 Å². The molecule has 23 heavy (non-hydrogen) atoms. The minimum Gasteiger partial charge on any atom is -0.491 e. The van der Waals surface area contributed by atoms with Crippen LogP contribution in [0.5, 0.6) is 5.75 Å². The quantitative estimate of drug-likeness (QED) is 0.764. The molecule has 2 aromatic rings. The Morgan fingerprint density at radius 3 is 2.48 bits per heavy atom. The fourth-order valence-electron chi connectivity index (χ4n) is 2.09. The van der Waals surface area contributed by atoms with E-state index in [0.717, 1.165) is 16.9 Å². The van der Waals surface area contributed by atoms with E-state index in [1.54, 1.807) is 12.1 Å². The molecule has 4 N–H and O–H groups in total. The molecule has 2 rings (SSSR count). The summed E-state index contributed by atoms with van der Waals surface area (Å²) < 4.78 is 5.70. The average molecular weight is 314 g/mol. The zero-order valence-corrected chi connectivity index (χ0v) is 13.3. The van der Waals surface area contributed by atoms with Crippen LogP contribution in [0.15, 0.2) is 48.5 Å². The summed E-state index contributed by atoms with van der Waals surface area (Å²) in [6, 6.07) is 14.4. The second kappa shape index (κ2) is 7.76. The minimum atomic E-state index is -0.917. The Bertz CT molecular complexity index is 654. The number of amides is 1. The van der Waals surface area contributed by atoms with Crippen LogP contribution in [0.3, 0.4) is 0 Å². The van der Waals surface area contributed by atoms with E-state index in [1.807, 2.05) is 50.2 Å². The van der Waals surface area contributed by atoms with Crippen LogP contribution in [0.1, 0.15) is 13.8 Å². The van der Waals surface area contributed by atoms with E-state index in [0.29, 0.717) is 5.69 Å². The molecular weight excluding hydrogens is 292 g/mol. The van der Waals surface area contributed by atoms with Crippen LogP contribution in [0.25, 0.3) is 11.1 Å². The number of rotatable bonds is 6. The van der Waals surface area contributed by atoms with Crippen molar-refractivity contribution in [1.82, 2.24) is 0 Å². The second-order valence-corrected chi connectivity index (χ2v) is 5.55. The molecule has 0 aliphatic rings. The van der Waals surface area contributed by atoms with E-state index in [9.17, 15) is 4.79 Å². The molecule has 0 radical (unpaired) electrons. The number of aliphatic hydroxyl groups excluding tert-OH is 1. The van der Waals surface area contributed by atoms with Crippen LogP contribution in [0.4, 0.5) is 5.69 Å². The third-order valence-corrected chi connectivity index (χ3v) is 3.23. The number of benzene rings is 2. The number of nitrogens with one attached hydrogen (secondary N) is 1. The van der Waals surface area contributed by atoms with Gasteiger partial charge in [0.05, 0.1) is 12.7 Å². The Balaban J connectivity index is 2.12. The molecule has 0 aromatic heterocycles. The van der Waals surface area contributed by atoms with Gasteiger partial charge in [-0.1, -0.05) is 24.3 Å². The Morgan fingerprint density at radius 1 is 1.17 bits per heavy atom. The maximum atomic E-state index is 11.6. The third kappa shape index (κ3) is 4.81. The van der Waals surface area contributed by atoms with Gasteiger partial charge >= 0.3 is 0 Å². The molecule has 0 bridgehead atoms. The number of ether oxygens (including phenoxy) is 1. The fourth-order valence-corrected chi connectivity index (χ4v) is 2.09. The van der Waals surface area contributed by atoms with Crippen molar-refractivity contribution in [3.63, 3.8) is 0 Å². The highest BCUT2D eigenvalue weighted by molar-refractivity contribution is 5.94. The highest BCUT2D eigenvalue weighted by atomic mass is 16.5. The lowest BCUT2D eigenvalue weighted by Crippen LogP contribution is -2.38. The van der Waals surface area contributed by atoms with Gasteiger partial charge in [-0.05, 0) is 49.2 Å². The van der Waals surface area contributed by atoms with Crippen molar-refractivity contribution in [3.05, 3.63) is 48.5 Å². The minimum absolute atomic E-state index is 0.124. The van der Waals surface area contributed by atoms with Crippen molar-refractivity contribution < 1.29 is 14.6 Å². The average Bonchev–Trinajstić information content (AvgIpc) is 2.54. The first-order chi connectivity index (χ1) is 11.0. The number of carbonyl (C=O) groups excluding carboxylic acids is 1. The van der Waals surface area contributed by atoms with Gasteiger partial charge in [-0.25, -0.2) is 0 Å². The largest absolute Gasteiger partial charge is 0.491 e. The zero-order valence-electron chi connectivity index (χ0n) is 13.3. The topological polar surface area (TPSA) is 84.6 Å². The molecule has 0 unspecified atom stereocenters. The standard InChI is InChI=1S/C18H22N2O3/c1-12(2)23-16-5-3-4-14(10-16)13-6-8-15(9-7-13)20-18(22)17(19)11-21/h3-10,12,17,21H,11,19H2,1-2H3,(H,20,22)/t17-/m0/s1. The summed E-state index contributed by atoms with van der Waals surface area (Å²) in [5.41, 5.74) is 8.15. The predicted molar refractivity (Wildman–Crippen MR) is 91.3 cm³/mol. The maximum absolute atomic E-state index is 11.6. The summed E-state index contributed by atoms with van der Waals surface area (Å²) in [5.74, 6) is 0.413. The SMILES string of the molecule is CC(C)Oc1cccc(-c2ccc(NC(=O)[C@@H](N)CO)cc2)c1. The molecule has 1 atom stereocenters. The molecule has 5 nitrogen and oxygen atoms in total. The molecule has 0 fully saturated rings. The molecule has 122 valence electrons. The molecule has 1 amide bonds. The smallest absolute Gasteiger partial charge is 0.243 e. The highest BCUT2D eigenvalue weighted by Crippen LogP contribution is 2.25. The van der Waals surface area contributed by atoms with Gasteiger partial charge in [-0.2, -0.15) is 0 Å². The summed E-state index contributed by atoms with van der Waals surface area (Å²) in [5, 5.41) is 11.5. The molecule has 0 aliphatic heterocycles. The lowest BCUT2D eigenvalue weighted by atomic mass is 10.1. The van der Waals surface area contributed by atoms with Crippen molar-refractivity contribution in [3.8, 4) is 16.9 Å². The van der Waals surface area contributed by atoms with Gasteiger partial charge in [0.1, 0.15) is 11.8 Å².